The highest BCUT2D eigenvalue weighted by Gasteiger charge is 2.46. The molecule has 0 aromatic heterocycles. The van der Waals surface area contributed by atoms with Gasteiger partial charge >= 0.3 is 6.03 Å². The second-order valence-electron chi connectivity index (χ2n) is 8.48. The van der Waals surface area contributed by atoms with Crippen molar-refractivity contribution in [1.82, 2.24) is 15.1 Å². The van der Waals surface area contributed by atoms with E-state index in [9.17, 15) is 19.5 Å². The summed E-state index contributed by atoms with van der Waals surface area (Å²) in [5.41, 5.74) is 0.268. The van der Waals surface area contributed by atoms with Gasteiger partial charge in [-0.05, 0) is 36.8 Å². The molecule has 2 aliphatic rings. The zero-order chi connectivity index (χ0) is 22.6. The zero-order valence-electron chi connectivity index (χ0n) is 18.1. The number of unbranched alkanes of at least 4 members (excludes halogenated alkanes) is 1. The topological polar surface area (TPSA) is 90.0 Å². The first kappa shape index (κ1) is 22.0. The lowest BCUT2D eigenvalue weighted by Crippen LogP contribution is -2.50. The number of nitrogens with zero attached hydrogens (tertiary/aromatic N) is 2. The van der Waals surface area contributed by atoms with E-state index in [1.165, 1.54) is 4.90 Å². The molecule has 2 saturated heterocycles. The van der Waals surface area contributed by atoms with Gasteiger partial charge in [-0.15, -0.1) is 0 Å². The molecular weight excluding hydrogens is 406 g/mol. The number of urea groups is 1. The number of amides is 4. The number of benzene rings is 2. The Bertz CT molecular complexity index is 924. The number of carbonyl (C=O) groups excluding carboxylic acids is 3. The van der Waals surface area contributed by atoms with Crippen LogP contribution in [0.25, 0.3) is 0 Å². The fourth-order valence-corrected chi connectivity index (χ4v) is 4.82. The molecular formula is C25H29N3O4. The molecule has 168 valence electrons. The highest BCUT2D eigenvalue weighted by molar-refractivity contribution is 6.01. The summed E-state index contributed by atoms with van der Waals surface area (Å²) in [4.78, 5) is 39.4. The second kappa shape index (κ2) is 9.53. The molecule has 2 aromatic carbocycles. The summed E-state index contributed by atoms with van der Waals surface area (Å²) in [6.07, 6.45) is 3.18. The highest BCUT2D eigenvalue weighted by Crippen LogP contribution is 2.40. The molecule has 1 atom stereocenters. The van der Waals surface area contributed by atoms with Crippen molar-refractivity contribution in [3.05, 3.63) is 71.8 Å². The summed E-state index contributed by atoms with van der Waals surface area (Å²) >= 11 is 0. The van der Waals surface area contributed by atoms with Gasteiger partial charge in [-0.1, -0.05) is 60.7 Å². The number of hydrogen-bond donors (Lipinski definition) is 2. The van der Waals surface area contributed by atoms with Crippen LogP contribution in [0.3, 0.4) is 0 Å². The molecule has 0 radical (unpaired) electrons. The first-order valence-corrected chi connectivity index (χ1v) is 11.2. The third kappa shape index (κ3) is 4.39. The number of likely N-dealkylation sites (tertiary alicyclic amines) is 1. The van der Waals surface area contributed by atoms with Crippen LogP contribution in [0.5, 0.6) is 0 Å². The molecule has 2 heterocycles. The monoisotopic (exact) mass is 435 g/mol. The lowest BCUT2D eigenvalue weighted by molar-refractivity contribution is -0.136. The number of carbonyl (C=O) groups is 3. The van der Waals surface area contributed by atoms with Gasteiger partial charge in [0.1, 0.15) is 12.1 Å². The molecule has 0 saturated carbocycles. The van der Waals surface area contributed by atoms with Crippen LogP contribution in [0, 0.1) is 0 Å². The van der Waals surface area contributed by atoms with Gasteiger partial charge in [0.2, 0.25) is 11.8 Å². The van der Waals surface area contributed by atoms with Crippen molar-refractivity contribution < 1.29 is 19.5 Å². The van der Waals surface area contributed by atoms with Crippen LogP contribution in [-0.2, 0) is 15.2 Å². The maximum atomic E-state index is 13.1. The van der Waals surface area contributed by atoms with E-state index in [2.05, 4.69) is 5.32 Å². The van der Waals surface area contributed by atoms with Crippen molar-refractivity contribution in [2.75, 3.05) is 19.6 Å². The molecule has 0 spiro atoms. The van der Waals surface area contributed by atoms with Crippen LogP contribution in [0.2, 0.25) is 0 Å². The highest BCUT2D eigenvalue weighted by atomic mass is 16.3. The van der Waals surface area contributed by atoms with Crippen LogP contribution in [-0.4, -0.2) is 58.4 Å². The van der Waals surface area contributed by atoms with E-state index in [1.807, 2.05) is 65.6 Å². The molecule has 0 unspecified atom stereocenters. The van der Waals surface area contributed by atoms with E-state index in [0.29, 0.717) is 32.4 Å². The predicted molar refractivity (Wildman–Crippen MR) is 120 cm³/mol. The lowest BCUT2D eigenvalue weighted by Gasteiger charge is -2.40. The van der Waals surface area contributed by atoms with Crippen molar-refractivity contribution in [2.45, 2.75) is 43.7 Å². The van der Waals surface area contributed by atoms with E-state index in [1.54, 1.807) is 0 Å². The molecule has 2 aromatic rings. The lowest BCUT2D eigenvalue weighted by atomic mass is 9.79. The molecule has 0 bridgehead atoms. The predicted octanol–water partition coefficient (Wildman–Crippen LogP) is 2.64. The summed E-state index contributed by atoms with van der Waals surface area (Å²) < 4.78 is 0. The standard InChI is InChI=1S/C25H29N3O4/c29-22-18-27(24(31)26-22)16-8-7-15-23(30)28-17-9-14-21(28)25(32,19-10-3-1-4-11-19)20-12-5-2-6-13-20/h1-6,10-13,21,32H,7-9,14-18H2,(H,26,29,31)/t21-/m0/s1. The summed E-state index contributed by atoms with van der Waals surface area (Å²) in [5, 5.41) is 14.3. The van der Waals surface area contributed by atoms with Crippen molar-refractivity contribution >= 4 is 17.8 Å². The Kier molecular flexibility index (Phi) is 6.55. The van der Waals surface area contributed by atoms with Crippen LogP contribution in [0.15, 0.2) is 60.7 Å². The first-order valence-electron chi connectivity index (χ1n) is 11.2. The van der Waals surface area contributed by atoms with Gasteiger partial charge in [0.15, 0.2) is 0 Å². The molecule has 4 rings (SSSR count). The molecule has 7 nitrogen and oxygen atoms in total. The van der Waals surface area contributed by atoms with Gasteiger partial charge in [0.05, 0.1) is 6.04 Å². The SMILES string of the molecule is O=C1CN(CCCCC(=O)N2CCC[C@H]2C(O)(c2ccccc2)c2ccccc2)C(=O)N1. The molecule has 0 aliphatic carbocycles. The fraction of sp³-hybridized carbons (Fsp3) is 0.400. The quantitative estimate of drug-likeness (QED) is 0.493. The number of nitrogens with one attached hydrogen (secondary N) is 1. The number of rotatable bonds is 8. The zero-order valence-corrected chi connectivity index (χ0v) is 18.1. The number of imide groups is 1. The van der Waals surface area contributed by atoms with Gasteiger partial charge in [0.25, 0.3) is 0 Å². The van der Waals surface area contributed by atoms with Gasteiger partial charge in [-0.25, -0.2) is 4.79 Å². The molecule has 4 amide bonds. The number of hydrogen-bond acceptors (Lipinski definition) is 4. The Hall–Kier alpha value is -3.19. The minimum absolute atomic E-state index is 0.0136. The van der Waals surface area contributed by atoms with Crippen LogP contribution < -0.4 is 5.32 Å². The minimum Gasteiger partial charge on any atom is -0.378 e. The molecule has 32 heavy (non-hydrogen) atoms. The second-order valence-corrected chi connectivity index (χ2v) is 8.48. The average Bonchev–Trinajstić information content (AvgIpc) is 3.43. The fourth-order valence-electron chi connectivity index (χ4n) is 4.82. The van der Waals surface area contributed by atoms with E-state index in [0.717, 1.165) is 24.0 Å². The van der Waals surface area contributed by atoms with Crippen LogP contribution in [0.4, 0.5) is 4.79 Å². The summed E-state index contributed by atoms with van der Waals surface area (Å²) in [6.45, 7) is 1.16. The Balaban J connectivity index is 1.45. The molecule has 7 heteroatoms. The van der Waals surface area contributed by atoms with Gasteiger partial charge in [-0.3, -0.25) is 14.9 Å². The minimum atomic E-state index is -1.29. The van der Waals surface area contributed by atoms with Crippen LogP contribution in [0.1, 0.15) is 43.2 Å². The van der Waals surface area contributed by atoms with Crippen LogP contribution >= 0.6 is 0 Å². The van der Waals surface area contributed by atoms with Gasteiger partial charge in [0, 0.05) is 19.5 Å². The van der Waals surface area contributed by atoms with Crippen molar-refractivity contribution in [3.63, 3.8) is 0 Å². The van der Waals surface area contributed by atoms with E-state index in [4.69, 9.17) is 0 Å². The first-order chi connectivity index (χ1) is 15.5. The molecule has 2 N–H and O–H groups in total. The van der Waals surface area contributed by atoms with Gasteiger partial charge < -0.3 is 14.9 Å². The van der Waals surface area contributed by atoms with E-state index >= 15 is 0 Å². The third-order valence-electron chi connectivity index (χ3n) is 6.42. The van der Waals surface area contributed by atoms with Crippen molar-refractivity contribution in [2.24, 2.45) is 0 Å². The summed E-state index contributed by atoms with van der Waals surface area (Å²) in [6, 6.07) is 18.4. The largest absolute Gasteiger partial charge is 0.378 e. The molecule has 2 fully saturated rings. The Morgan fingerprint density at radius 2 is 1.62 bits per heavy atom. The number of aliphatic hydroxyl groups is 1. The smallest absolute Gasteiger partial charge is 0.324 e. The van der Waals surface area contributed by atoms with Gasteiger partial charge in [-0.2, -0.15) is 0 Å². The maximum Gasteiger partial charge on any atom is 0.324 e. The van der Waals surface area contributed by atoms with Crippen molar-refractivity contribution in [3.8, 4) is 0 Å². The summed E-state index contributed by atoms with van der Waals surface area (Å²) in [5.74, 6) is -0.271. The summed E-state index contributed by atoms with van der Waals surface area (Å²) in [7, 11) is 0. The molecule has 2 aliphatic heterocycles. The third-order valence-corrected chi connectivity index (χ3v) is 6.42. The average molecular weight is 436 g/mol. The Morgan fingerprint density at radius 3 is 2.19 bits per heavy atom. The van der Waals surface area contributed by atoms with Crippen molar-refractivity contribution in [1.29, 1.82) is 0 Å². The maximum absolute atomic E-state index is 13.1. The normalized spacial score (nSPS) is 18.8. The van der Waals surface area contributed by atoms with E-state index < -0.39 is 5.60 Å². The Morgan fingerprint density at radius 1 is 1.00 bits per heavy atom. The van der Waals surface area contributed by atoms with E-state index in [-0.39, 0.29) is 30.4 Å². The Labute approximate surface area is 188 Å².